The minimum Gasteiger partial charge on any atom is -0.178 e. The fourth-order valence-corrected chi connectivity index (χ4v) is 1.82. The van der Waals surface area contributed by atoms with Gasteiger partial charge in [-0.15, -0.1) is 0 Å². The molecule has 0 radical (unpaired) electrons. The van der Waals surface area contributed by atoms with E-state index in [1.165, 1.54) is 36.0 Å². The lowest BCUT2D eigenvalue weighted by Gasteiger charge is -2.05. The van der Waals surface area contributed by atoms with Crippen molar-refractivity contribution < 1.29 is 0 Å². The average molecular weight is 140 g/mol. The Hall–Kier alpha value is -0.440. The van der Waals surface area contributed by atoms with E-state index in [2.05, 4.69) is 8.75 Å². The Kier molecular flexibility index (Phi) is 1.23. The summed E-state index contributed by atoms with van der Waals surface area (Å²) in [6.07, 6.45) is 4.93. The summed E-state index contributed by atoms with van der Waals surface area (Å²) in [6.45, 7) is 0. The van der Waals surface area contributed by atoms with Crippen LogP contribution in [0.4, 0.5) is 0 Å². The van der Waals surface area contributed by atoms with Crippen LogP contribution in [-0.2, 0) is 12.8 Å². The molecule has 1 aromatic heterocycles. The van der Waals surface area contributed by atoms with E-state index in [0.29, 0.717) is 0 Å². The van der Waals surface area contributed by atoms with Crippen LogP contribution in [0.25, 0.3) is 0 Å². The summed E-state index contributed by atoms with van der Waals surface area (Å²) in [5, 5.41) is 0. The van der Waals surface area contributed by atoms with Crippen molar-refractivity contribution in [1.82, 2.24) is 8.75 Å². The smallest absolute Gasteiger partial charge is 0.0775 e. The summed E-state index contributed by atoms with van der Waals surface area (Å²) in [7, 11) is 0. The normalized spacial score (nSPS) is 17.3. The second-order valence-electron chi connectivity index (χ2n) is 2.36. The van der Waals surface area contributed by atoms with Crippen LogP contribution >= 0.6 is 11.7 Å². The Morgan fingerprint density at radius 2 is 1.56 bits per heavy atom. The molecular formula is C6H8N2S. The third-order valence-electron chi connectivity index (χ3n) is 1.71. The van der Waals surface area contributed by atoms with Gasteiger partial charge in [-0.05, 0) is 25.7 Å². The number of nitrogens with zero attached hydrogens (tertiary/aromatic N) is 2. The molecule has 0 unspecified atom stereocenters. The van der Waals surface area contributed by atoms with Crippen LogP contribution < -0.4 is 0 Å². The van der Waals surface area contributed by atoms with Crippen molar-refractivity contribution in [3.63, 3.8) is 0 Å². The molecule has 2 rings (SSSR count). The number of hydrogen-bond acceptors (Lipinski definition) is 3. The zero-order valence-corrected chi connectivity index (χ0v) is 5.95. The van der Waals surface area contributed by atoms with Crippen LogP contribution in [0.2, 0.25) is 0 Å². The highest BCUT2D eigenvalue weighted by atomic mass is 32.1. The van der Waals surface area contributed by atoms with Crippen LogP contribution in [0.5, 0.6) is 0 Å². The Labute approximate surface area is 58.2 Å². The third-order valence-corrected chi connectivity index (χ3v) is 2.32. The van der Waals surface area contributed by atoms with Gasteiger partial charge in [0.25, 0.3) is 0 Å². The lowest BCUT2D eigenvalue weighted by Crippen LogP contribution is -2.00. The molecule has 0 bridgehead atoms. The van der Waals surface area contributed by atoms with Gasteiger partial charge in [-0.1, -0.05) is 0 Å². The van der Waals surface area contributed by atoms with Crippen molar-refractivity contribution in [2.24, 2.45) is 0 Å². The van der Waals surface area contributed by atoms with Gasteiger partial charge >= 0.3 is 0 Å². The van der Waals surface area contributed by atoms with E-state index < -0.39 is 0 Å². The summed E-state index contributed by atoms with van der Waals surface area (Å²) < 4.78 is 8.37. The first-order valence-electron chi connectivity index (χ1n) is 3.27. The Morgan fingerprint density at radius 3 is 2.11 bits per heavy atom. The third kappa shape index (κ3) is 0.852. The molecule has 0 N–H and O–H groups in total. The van der Waals surface area contributed by atoms with E-state index in [1.54, 1.807) is 0 Å². The summed E-state index contributed by atoms with van der Waals surface area (Å²) >= 11 is 1.36. The van der Waals surface area contributed by atoms with Crippen LogP contribution in [0.1, 0.15) is 24.2 Å². The summed E-state index contributed by atoms with van der Waals surface area (Å²) in [4.78, 5) is 0. The molecule has 1 heterocycles. The molecule has 9 heavy (non-hydrogen) atoms. The molecule has 0 aromatic carbocycles. The van der Waals surface area contributed by atoms with Gasteiger partial charge in [-0.2, -0.15) is 8.75 Å². The number of hydrogen-bond donors (Lipinski definition) is 0. The highest BCUT2D eigenvalue weighted by Crippen LogP contribution is 2.17. The van der Waals surface area contributed by atoms with Gasteiger partial charge in [0, 0.05) is 0 Å². The van der Waals surface area contributed by atoms with Gasteiger partial charge in [-0.25, -0.2) is 0 Å². The number of aryl methyl sites for hydroxylation is 2. The van der Waals surface area contributed by atoms with E-state index >= 15 is 0 Å². The lowest BCUT2D eigenvalue weighted by atomic mass is 10.0. The monoisotopic (exact) mass is 140 g/mol. The van der Waals surface area contributed by atoms with Crippen LogP contribution in [0.3, 0.4) is 0 Å². The zero-order chi connectivity index (χ0) is 6.10. The maximum atomic E-state index is 4.19. The molecule has 0 spiro atoms. The van der Waals surface area contributed by atoms with Crippen molar-refractivity contribution in [3.8, 4) is 0 Å². The van der Waals surface area contributed by atoms with E-state index in [4.69, 9.17) is 0 Å². The topological polar surface area (TPSA) is 25.8 Å². The van der Waals surface area contributed by atoms with E-state index in [9.17, 15) is 0 Å². The minimum atomic E-state index is 1.16. The molecule has 3 heteroatoms. The molecule has 2 nitrogen and oxygen atoms in total. The van der Waals surface area contributed by atoms with Crippen molar-refractivity contribution >= 4 is 11.7 Å². The van der Waals surface area contributed by atoms with Crippen molar-refractivity contribution in [3.05, 3.63) is 11.4 Å². The quantitative estimate of drug-likeness (QED) is 0.544. The molecule has 1 aliphatic carbocycles. The van der Waals surface area contributed by atoms with E-state index in [0.717, 1.165) is 12.8 Å². The minimum absolute atomic E-state index is 1.16. The Bertz CT molecular complexity index is 186. The number of aromatic nitrogens is 2. The number of fused-ring (bicyclic) bond motifs is 1. The first-order chi connectivity index (χ1) is 4.47. The van der Waals surface area contributed by atoms with Gasteiger partial charge in [0.2, 0.25) is 0 Å². The average Bonchev–Trinajstić information content (AvgIpc) is 2.33. The molecule has 1 aliphatic rings. The first kappa shape index (κ1) is 5.35. The molecule has 0 saturated heterocycles. The maximum Gasteiger partial charge on any atom is 0.0775 e. The molecular weight excluding hydrogens is 132 g/mol. The van der Waals surface area contributed by atoms with Crippen LogP contribution in [0.15, 0.2) is 0 Å². The predicted octanol–water partition coefficient (Wildman–Crippen LogP) is 1.42. The van der Waals surface area contributed by atoms with Gasteiger partial charge in [-0.3, -0.25) is 0 Å². The SMILES string of the molecule is C1CCc2nsnc2C1. The standard InChI is InChI=1S/C6H8N2S/c1-2-4-6-5(3-1)7-9-8-6/h1-4H2. The van der Waals surface area contributed by atoms with Gasteiger partial charge in [0.05, 0.1) is 23.1 Å². The van der Waals surface area contributed by atoms with Crippen LogP contribution in [0, 0.1) is 0 Å². The second kappa shape index (κ2) is 2.06. The molecule has 0 atom stereocenters. The molecule has 0 amide bonds. The summed E-state index contributed by atoms with van der Waals surface area (Å²) in [6, 6.07) is 0. The molecule has 0 aliphatic heterocycles. The molecule has 0 saturated carbocycles. The predicted molar refractivity (Wildman–Crippen MR) is 36.6 cm³/mol. The van der Waals surface area contributed by atoms with Crippen molar-refractivity contribution in [2.75, 3.05) is 0 Å². The Morgan fingerprint density at radius 1 is 1.00 bits per heavy atom. The Balaban J connectivity index is 2.39. The lowest BCUT2D eigenvalue weighted by molar-refractivity contribution is 0.667. The van der Waals surface area contributed by atoms with Gasteiger partial charge in [0.1, 0.15) is 0 Å². The number of rotatable bonds is 0. The second-order valence-corrected chi connectivity index (χ2v) is 2.89. The highest BCUT2D eigenvalue weighted by Gasteiger charge is 2.11. The fourth-order valence-electron chi connectivity index (χ4n) is 1.19. The van der Waals surface area contributed by atoms with Gasteiger partial charge in [0.15, 0.2) is 0 Å². The summed E-state index contributed by atoms with van der Waals surface area (Å²) in [5.74, 6) is 0. The molecule has 0 fully saturated rings. The zero-order valence-electron chi connectivity index (χ0n) is 5.13. The fraction of sp³-hybridized carbons (Fsp3) is 0.667. The molecule has 48 valence electrons. The van der Waals surface area contributed by atoms with Crippen molar-refractivity contribution in [1.29, 1.82) is 0 Å². The largest absolute Gasteiger partial charge is 0.178 e. The van der Waals surface area contributed by atoms with E-state index in [1.807, 2.05) is 0 Å². The maximum absolute atomic E-state index is 4.19. The molecule has 1 aromatic rings. The highest BCUT2D eigenvalue weighted by molar-refractivity contribution is 6.99. The van der Waals surface area contributed by atoms with Crippen LogP contribution in [-0.4, -0.2) is 8.75 Å². The first-order valence-corrected chi connectivity index (χ1v) is 4.00. The van der Waals surface area contributed by atoms with E-state index in [-0.39, 0.29) is 0 Å². The van der Waals surface area contributed by atoms with Crippen molar-refractivity contribution in [2.45, 2.75) is 25.7 Å². The van der Waals surface area contributed by atoms with Gasteiger partial charge < -0.3 is 0 Å². The summed E-state index contributed by atoms with van der Waals surface area (Å²) in [5.41, 5.74) is 2.51.